The number of esters is 1. The lowest BCUT2D eigenvalue weighted by atomic mass is 9.93. The Labute approximate surface area is 258 Å². The normalized spacial score (nSPS) is 17.1. The van der Waals surface area contributed by atoms with Crippen molar-refractivity contribution in [2.45, 2.75) is 65.0 Å². The molecule has 0 radical (unpaired) electrons. The van der Waals surface area contributed by atoms with Gasteiger partial charge in [0.15, 0.2) is 11.5 Å². The maximum absolute atomic E-state index is 14.8. The Kier molecular flexibility index (Phi) is 7.72. The maximum Gasteiger partial charge on any atom is 0.357 e. The molecule has 0 spiro atoms. The fourth-order valence-electron chi connectivity index (χ4n) is 6.79. The Morgan fingerprint density at radius 1 is 1.16 bits per heavy atom. The number of halogens is 2. The van der Waals surface area contributed by atoms with Gasteiger partial charge in [0.05, 0.1) is 31.1 Å². The number of nitrogens with zero attached hydrogens (tertiary/aromatic N) is 7. The molecule has 4 aromatic rings. The number of aryl methyl sites for hydroxylation is 1. The number of benzene rings is 1. The minimum atomic E-state index is -2.76. The molecule has 0 unspecified atom stereocenters. The van der Waals surface area contributed by atoms with E-state index in [0.717, 1.165) is 41.9 Å². The van der Waals surface area contributed by atoms with Gasteiger partial charge in [-0.2, -0.15) is 5.10 Å². The summed E-state index contributed by atoms with van der Waals surface area (Å²) in [6, 6.07) is 5.19. The van der Waals surface area contributed by atoms with E-state index in [-0.39, 0.29) is 35.6 Å². The van der Waals surface area contributed by atoms with Crippen LogP contribution < -0.4 is 4.90 Å². The molecule has 1 saturated heterocycles. The van der Waals surface area contributed by atoms with Gasteiger partial charge in [0.25, 0.3) is 6.43 Å². The summed E-state index contributed by atoms with van der Waals surface area (Å²) in [6.07, 6.45) is 4.15. The molecule has 236 valence electrons. The summed E-state index contributed by atoms with van der Waals surface area (Å²) in [5.41, 5.74) is 4.47. The van der Waals surface area contributed by atoms with Crippen LogP contribution in [0.5, 0.6) is 0 Å². The van der Waals surface area contributed by atoms with Crippen molar-refractivity contribution in [1.82, 2.24) is 29.0 Å². The summed E-state index contributed by atoms with van der Waals surface area (Å²) >= 11 is 0. The predicted molar refractivity (Wildman–Crippen MR) is 161 cm³/mol. The first-order chi connectivity index (χ1) is 21.8. The van der Waals surface area contributed by atoms with Gasteiger partial charge in [-0.15, -0.1) is 0 Å². The molecule has 7 rings (SSSR count). The Hall–Kier alpha value is -4.39. The molecule has 3 aliphatic heterocycles. The first kappa shape index (κ1) is 29.3. The second-order valence-corrected chi connectivity index (χ2v) is 11.7. The second-order valence-electron chi connectivity index (χ2n) is 11.7. The Morgan fingerprint density at radius 2 is 1.98 bits per heavy atom. The summed E-state index contributed by atoms with van der Waals surface area (Å²) in [4.78, 5) is 37.4. The van der Waals surface area contributed by atoms with Crippen LogP contribution in [0, 0.1) is 0 Å². The molecule has 3 aliphatic rings. The molecule has 1 amide bonds. The Bertz CT molecular complexity index is 1780. The number of rotatable bonds is 6. The fraction of sp³-hybridized carbons (Fsp3) is 0.469. The van der Waals surface area contributed by atoms with Gasteiger partial charge in [-0.3, -0.25) is 13.9 Å². The van der Waals surface area contributed by atoms with E-state index >= 15 is 0 Å². The molecule has 1 aromatic carbocycles. The van der Waals surface area contributed by atoms with Crippen molar-refractivity contribution in [3.8, 4) is 11.3 Å². The summed E-state index contributed by atoms with van der Waals surface area (Å²) in [6.45, 7) is 6.54. The predicted octanol–water partition coefficient (Wildman–Crippen LogP) is 5.05. The number of aromatic nitrogens is 5. The van der Waals surface area contributed by atoms with Crippen LogP contribution in [-0.2, 0) is 33.7 Å². The number of ether oxygens (including phenoxy) is 2. The molecule has 13 heteroatoms. The highest BCUT2D eigenvalue weighted by Crippen LogP contribution is 2.43. The van der Waals surface area contributed by atoms with E-state index in [2.05, 4.69) is 19.5 Å². The second kappa shape index (κ2) is 11.8. The van der Waals surface area contributed by atoms with Gasteiger partial charge in [-0.05, 0) is 56.4 Å². The van der Waals surface area contributed by atoms with E-state index in [1.807, 2.05) is 4.90 Å². The molecule has 1 fully saturated rings. The van der Waals surface area contributed by atoms with Crippen LogP contribution in [0.3, 0.4) is 0 Å². The SMILES string of the molecule is CCOC(=O)c1cnc2nc(-c3cc4c(cc3C(F)F)N(c3nn(C5CCOCC5)c5c3CN(C(C)=O)CC5)CCC4)ccn12. The molecule has 11 nitrogen and oxygen atoms in total. The molecule has 6 heterocycles. The molecule has 0 bridgehead atoms. The third-order valence-electron chi connectivity index (χ3n) is 9.05. The number of fused-ring (bicyclic) bond motifs is 3. The third kappa shape index (κ3) is 5.22. The van der Waals surface area contributed by atoms with E-state index in [9.17, 15) is 18.4 Å². The largest absolute Gasteiger partial charge is 0.461 e. The lowest BCUT2D eigenvalue weighted by Crippen LogP contribution is -2.36. The van der Waals surface area contributed by atoms with Gasteiger partial charge in [-0.1, -0.05) is 0 Å². The van der Waals surface area contributed by atoms with Crippen LogP contribution in [0.4, 0.5) is 20.3 Å². The van der Waals surface area contributed by atoms with E-state index in [0.29, 0.717) is 62.6 Å². The van der Waals surface area contributed by atoms with Crippen LogP contribution in [0.2, 0.25) is 0 Å². The van der Waals surface area contributed by atoms with Crippen LogP contribution in [0.15, 0.2) is 30.6 Å². The number of hydrogen-bond acceptors (Lipinski definition) is 8. The minimum absolute atomic E-state index is 0.00501. The van der Waals surface area contributed by atoms with Crippen molar-refractivity contribution in [3.05, 3.63) is 58.7 Å². The molecular formula is C32H35F2N7O4. The number of carbonyl (C=O) groups is 2. The van der Waals surface area contributed by atoms with Crippen molar-refractivity contribution in [2.75, 3.05) is 37.8 Å². The molecule has 0 saturated carbocycles. The summed E-state index contributed by atoms with van der Waals surface area (Å²) < 4.78 is 43.9. The van der Waals surface area contributed by atoms with Gasteiger partial charge < -0.3 is 19.3 Å². The zero-order chi connectivity index (χ0) is 31.2. The highest BCUT2D eigenvalue weighted by molar-refractivity contribution is 5.88. The fourth-order valence-corrected chi connectivity index (χ4v) is 6.79. The zero-order valence-corrected chi connectivity index (χ0v) is 25.3. The lowest BCUT2D eigenvalue weighted by molar-refractivity contribution is -0.129. The van der Waals surface area contributed by atoms with E-state index in [1.165, 1.54) is 10.6 Å². The third-order valence-corrected chi connectivity index (χ3v) is 9.05. The van der Waals surface area contributed by atoms with Gasteiger partial charge in [0.1, 0.15) is 0 Å². The van der Waals surface area contributed by atoms with E-state index < -0.39 is 12.4 Å². The number of carbonyl (C=O) groups excluding carboxylic acids is 2. The number of alkyl halides is 2. The average molecular weight is 620 g/mol. The van der Waals surface area contributed by atoms with Crippen LogP contribution in [-0.4, -0.2) is 73.8 Å². The Balaban J connectivity index is 1.31. The number of imidazole rings is 1. The van der Waals surface area contributed by atoms with Crippen molar-refractivity contribution < 1.29 is 27.8 Å². The van der Waals surface area contributed by atoms with Crippen LogP contribution in [0.25, 0.3) is 17.0 Å². The van der Waals surface area contributed by atoms with Crippen molar-refractivity contribution in [2.24, 2.45) is 0 Å². The molecule has 0 N–H and O–H groups in total. The van der Waals surface area contributed by atoms with Crippen molar-refractivity contribution in [1.29, 1.82) is 0 Å². The zero-order valence-electron chi connectivity index (χ0n) is 25.3. The van der Waals surface area contributed by atoms with Crippen LogP contribution >= 0.6 is 0 Å². The Morgan fingerprint density at radius 3 is 2.73 bits per heavy atom. The quantitative estimate of drug-likeness (QED) is 0.276. The standard InChI is InChI=1S/C32H35F2N7O4/c1-3-45-31(43)28-17-35-32-36-25(6-12-40(28)32)22-15-20-5-4-10-39(27(20)16-23(22)29(33)34)30-24-18-38(19(2)42)11-7-26(24)41(37-30)21-8-13-44-14-9-21/h6,12,15-17,21,29H,3-5,7-11,13-14,18H2,1-2H3. The number of amides is 1. The highest BCUT2D eigenvalue weighted by atomic mass is 19.3. The first-order valence-electron chi connectivity index (χ1n) is 15.5. The molecule has 45 heavy (non-hydrogen) atoms. The van der Waals surface area contributed by atoms with Gasteiger partial charge >= 0.3 is 5.97 Å². The number of anilines is 2. The van der Waals surface area contributed by atoms with Gasteiger partial charge in [0.2, 0.25) is 11.7 Å². The number of hydrogen-bond donors (Lipinski definition) is 0. The summed E-state index contributed by atoms with van der Waals surface area (Å²) in [5.74, 6) is 0.426. The van der Waals surface area contributed by atoms with Gasteiger partial charge in [-0.25, -0.2) is 23.5 Å². The highest BCUT2D eigenvalue weighted by Gasteiger charge is 2.34. The monoisotopic (exact) mass is 619 g/mol. The van der Waals surface area contributed by atoms with Gasteiger partial charge in [0, 0.05) is 73.9 Å². The molecule has 0 aliphatic carbocycles. The average Bonchev–Trinajstić information content (AvgIpc) is 3.65. The lowest BCUT2D eigenvalue weighted by Gasteiger charge is -2.33. The van der Waals surface area contributed by atoms with E-state index in [1.54, 1.807) is 38.2 Å². The van der Waals surface area contributed by atoms with E-state index in [4.69, 9.17) is 14.6 Å². The topological polar surface area (TPSA) is 107 Å². The smallest absolute Gasteiger partial charge is 0.357 e. The maximum atomic E-state index is 14.8. The first-order valence-corrected chi connectivity index (χ1v) is 15.5. The molecular weight excluding hydrogens is 584 g/mol. The minimum Gasteiger partial charge on any atom is -0.461 e. The summed E-state index contributed by atoms with van der Waals surface area (Å²) in [5, 5.41) is 5.15. The summed E-state index contributed by atoms with van der Waals surface area (Å²) in [7, 11) is 0. The van der Waals surface area contributed by atoms with Crippen molar-refractivity contribution in [3.63, 3.8) is 0 Å². The van der Waals surface area contributed by atoms with Crippen LogP contribution in [0.1, 0.15) is 78.4 Å². The van der Waals surface area contributed by atoms with Crippen molar-refractivity contribution >= 4 is 29.2 Å². The molecule has 0 atom stereocenters. The molecule has 3 aromatic heterocycles.